The van der Waals surface area contributed by atoms with Crippen molar-refractivity contribution < 1.29 is 15.3 Å². The van der Waals surface area contributed by atoms with Gasteiger partial charge in [-0.1, -0.05) is 13.8 Å². The van der Waals surface area contributed by atoms with Crippen LogP contribution in [0.1, 0.15) is 71.6 Å². The number of hydrogen-bond acceptors (Lipinski definition) is 3. The molecular formula is C19H32O3. The van der Waals surface area contributed by atoms with Crippen molar-refractivity contribution >= 4 is 0 Å². The molecule has 1 unspecified atom stereocenters. The largest absolute Gasteiger partial charge is 0.393 e. The highest BCUT2D eigenvalue weighted by Gasteiger charge is 2.60. The molecular weight excluding hydrogens is 276 g/mol. The van der Waals surface area contributed by atoms with Crippen LogP contribution < -0.4 is 0 Å². The third-order valence-electron chi connectivity index (χ3n) is 8.72. The fourth-order valence-corrected chi connectivity index (χ4v) is 7.29. The zero-order chi connectivity index (χ0) is 15.5. The summed E-state index contributed by atoms with van der Waals surface area (Å²) in [5.41, 5.74) is 0.628. The van der Waals surface area contributed by atoms with Gasteiger partial charge in [0, 0.05) is 0 Å². The standard InChI is InChI=1S/C19H32O3/c1-18-9-7-13(22-21)11-12(18)3-4-14-15-5-6-17(20)19(15,2)10-8-16(14)18/h12-17,20-21H,3-11H2,1-2H3/t12-,13?,14+,15+,16+,17+,18+,19+/m1/s1. The predicted molar refractivity (Wildman–Crippen MR) is 85.2 cm³/mol. The molecule has 0 spiro atoms. The highest BCUT2D eigenvalue weighted by atomic mass is 17.1. The fourth-order valence-electron chi connectivity index (χ4n) is 7.29. The highest BCUT2D eigenvalue weighted by Crippen LogP contribution is 2.66. The van der Waals surface area contributed by atoms with E-state index in [4.69, 9.17) is 5.26 Å². The Hall–Kier alpha value is -0.120. The monoisotopic (exact) mass is 308 g/mol. The van der Waals surface area contributed by atoms with Crippen molar-refractivity contribution in [1.82, 2.24) is 0 Å². The fraction of sp³-hybridized carbons (Fsp3) is 1.00. The van der Waals surface area contributed by atoms with E-state index in [-0.39, 0.29) is 17.6 Å². The van der Waals surface area contributed by atoms with Crippen LogP contribution in [0.4, 0.5) is 0 Å². The van der Waals surface area contributed by atoms with Gasteiger partial charge >= 0.3 is 0 Å². The Morgan fingerprint density at radius 2 is 1.59 bits per heavy atom. The van der Waals surface area contributed by atoms with Crippen molar-refractivity contribution in [3.8, 4) is 0 Å². The topological polar surface area (TPSA) is 49.7 Å². The molecule has 0 aromatic carbocycles. The summed E-state index contributed by atoms with van der Waals surface area (Å²) >= 11 is 0. The maximum atomic E-state index is 10.5. The van der Waals surface area contributed by atoms with Crippen LogP contribution in [0.15, 0.2) is 0 Å². The van der Waals surface area contributed by atoms with Crippen LogP contribution >= 0.6 is 0 Å². The maximum Gasteiger partial charge on any atom is 0.0930 e. The second-order valence-corrected chi connectivity index (χ2v) is 9.30. The van der Waals surface area contributed by atoms with Crippen molar-refractivity contribution in [2.24, 2.45) is 34.5 Å². The Labute approximate surface area is 134 Å². The molecule has 3 nitrogen and oxygen atoms in total. The molecule has 0 aromatic heterocycles. The number of hydrogen-bond donors (Lipinski definition) is 2. The lowest BCUT2D eigenvalue weighted by Gasteiger charge is -2.60. The van der Waals surface area contributed by atoms with E-state index in [0.29, 0.717) is 5.41 Å². The first-order valence-corrected chi connectivity index (χ1v) is 9.47. The second kappa shape index (κ2) is 5.19. The van der Waals surface area contributed by atoms with Crippen LogP contribution in [-0.2, 0) is 4.89 Å². The minimum atomic E-state index is -0.0671. The lowest BCUT2D eigenvalue weighted by Crippen LogP contribution is -2.54. The van der Waals surface area contributed by atoms with Gasteiger partial charge in [0.25, 0.3) is 0 Å². The molecule has 4 aliphatic carbocycles. The van der Waals surface area contributed by atoms with Crippen LogP contribution in [0, 0.1) is 34.5 Å². The molecule has 4 rings (SSSR count). The molecule has 0 saturated heterocycles. The van der Waals surface area contributed by atoms with Crippen LogP contribution in [0.5, 0.6) is 0 Å². The number of aliphatic hydroxyl groups is 1. The lowest BCUT2D eigenvalue weighted by atomic mass is 9.45. The SMILES string of the molecule is C[C@]12CCC(OO)C[C@H]1CC[C@@H]1[C@@H]2CC[C@]2(C)[C@@H](O)CC[C@@H]12. The van der Waals surface area contributed by atoms with Gasteiger partial charge < -0.3 is 5.11 Å². The van der Waals surface area contributed by atoms with Gasteiger partial charge in [-0.15, -0.1) is 0 Å². The number of fused-ring (bicyclic) bond motifs is 5. The highest BCUT2D eigenvalue weighted by molar-refractivity contribution is 5.09. The number of rotatable bonds is 1. The molecule has 4 aliphatic rings. The number of aliphatic hydroxyl groups excluding tert-OH is 1. The van der Waals surface area contributed by atoms with E-state index in [2.05, 4.69) is 18.7 Å². The summed E-state index contributed by atoms with van der Waals surface area (Å²) in [5.74, 6) is 3.11. The quantitative estimate of drug-likeness (QED) is 0.562. The summed E-state index contributed by atoms with van der Waals surface area (Å²) in [7, 11) is 0. The van der Waals surface area contributed by atoms with Gasteiger partial charge in [0.15, 0.2) is 0 Å². The molecule has 4 saturated carbocycles. The van der Waals surface area contributed by atoms with Crippen molar-refractivity contribution in [2.75, 3.05) is 0 Å². The van der Waals surface area contributed by atoms with Crippen LogP contribution in [0.2, 0.25) is 0 Å². The Morgan fingerprint density at radius 3 is 2.36 bits per heavy atom. The van der Waals surface area contributed by atoms with E-state index < -0.39 is 0 Å². The van der Waals surface area contributed by atoms with Gasteiger partial charge in [0.2, 0.25) is 0 Å². The zero-order valence-electron chi connectivity index (χ0n) is 14.1. The van der Waals surface area contributed by atoms with Gasteiger partial charge in [0.05, 0.1) is 12.2 Å². The van der Waals surface area contributed by atoms with Gasteiger partial charge in [-0.05, 0) is 92.3 Å². The molecule has 3 heteroatoms. The molecule has 22 heavy (non-hydrogen) atoms. The Morgan fingerprint density at radius 1 is 0.864 bits per heavy atom. The first kappa shape index (κ1) is 15.4. The van der Waals surface area contributed by atoms with E-state index >= 15 is 0 Å². The van der Waals surface area contributed by atoms with E-state index in [1.807, 2.05) is 0 Å². The van der Waals surface area contributed by atoms with Gasteiger partial charge in [-0.2, -0.15) is 0 Å². The minimum Gasteiger partial charge on any atom is -0.393 e. The third kappa shape index (κ3) is 1.98. The van der Waals surface area contributed by atoms with Crippen LogP contribution in [-0.4, -0.2) is 22.6 Å². The average Bonchev–Trinajstić information content (AvgIpc) is 2.82. The second-order valence-electron chi connectivity index (χ2n) is 9.30. The van der Waals surface area contributed by atoms with Gasteiger partial charge in [0.1, 0.15) is 0 Å². The van der Waals surface area contributed by atoms with E-state index in [0.717, 1.165) is 42.9 Å². The summed E-state index contributed by atoms with van der Waals surface area (Å²) < 4.78 is 0. The van der Waals surface area contributed by atoms with Crippen LogP contribution in [0.3, 0.4) is 0 Å². The van der Waals surface area contributed by atoms with Gasteiger partial charge in [-0.25, -0.2) is 4.89 Å². The Bertz CT molecular complexity index is 438. The molecule has 8 atom stereocenters. The first-order chi connectivity index (χ1) is 10.5. The average molecular weight is 308 g/mol. The predicted octanol–water partition coefficient (Wildman–Crippen LogP) is 4.25. The van der Waals surface area contributed by atoms with E-state index in [1.54, 1.807) is 0 Å². The Kier molecular flexibility index (Phi) is 3.63. The van der Waals surface area contributed by atoms with E-state index in [9.17, 15) is 5.11 Å². The molecule has 0 heterocycles. The summed E-state index contributed by atoms with van der Waals surface area (Å²) in [6.07, 6.45) is 10.6. The summed E-state index contributed by atoms with van der Waals surface area (Å²) in [6, 6.07) is 0. The summed E-state index contributed by atoms with van der Waals surface area (Å²) in [5, 5.41) is 19.5. The van der Waals surface area contributed by atoms with Crippen molar-refractivity contribution in [3.63, 3.8) is 0 Å². The minimum absolute atomic E-state index is 0.0665. The normalized spacial score (nSPS) is 57.8. The Balaban J connectivity index is 1.59. The van der Waals surface area contributed by atoms with Crippen molar-refractivity contribution in [3.05, 3.63) is 0 Å². The molecule has 0 amide bonds. The summed E-state index contributed by atoms with van der Waals surface area (Å²) in [4.78, 5) is 4.69. The molecule has 0 bridgehead atoms. The first-order valence-electron chi connectivity index (χ1n) is 9.47. The van der Waals surface area contributed by atoms with Crippen LogP contribution in [0.25, 0.3) is 0 Å². The summed E-state index contributed by atoms with van der Waals surface area (Å²) in [6.45, 7) is 4.88. The molecule has 0 aliphatic heterocycles. The smallest absolute Gasteiger partial charge is 0.0930 e. The third-order valence-corrected chi connectivity index (χ3v) is 8.72. The molecule has 4 fully saturated rings. The lowest BCUT2D eigenvalue weighted by molar-refractivity contribution is -0.296. The van der Waals surface area contributed by atoms with Crippen molar-refractivity contribution in [1.29, 1.82) is 0 Å². The van der Waals surface area contributed by atoms with Gasteiger partial charge in [-0.3, -0.25) is 5.26 Å². The molecule has 0 aromatic rings. The van der Waals surface area contributed by atoms with E-state index in [1.165, 1.54) is 38.5 Å². The molecule has 126 valence electrons. The molecule has 2 N–H and O–H groups in total. The maximum absolute atomic E-state index is 10.5. The zero-order valence-corrected chi connectivity index (χ0v) is 14.1. The molecule has 0 radical (unpaired) electrons. The van der Waals surface area contributed by atoms with Crippen molar-refractivity contribution in [2.45, 2.75) is 83.8 Å².